The van der Waals surface area contributed by atoms with Gasteiger partial charge in [-0.3, -0.25) is 0 Å². The third kappa shape index (κ3) is 3.82. The summed E-state index contributed by atoms with van der Waals surface area (Å²) in [6.45, 7) is 5.19. The van der Waals surface area contributed by atoms with Gasteiger partial charge in [-0.05, 0) is 32.4 Å². The number of nitrogens with two attached hydrogens (primary N) is 1. The maximum Gasteiger partial charge on any atom is 0.156 e. The molecular formula is C21H22ClN7O. The van der Waals surface area contributed by atoms with Crippen molar-refractivity contribution < 1.29 is 5.11 Å². The van der Waals surface area contributed by atoms with Gasteiger partial charge in [0.05, 0.1) is 34.4 Å². The molecule has 30 heavy (non-hydrogen) atoms. The van der Waals surface area contributed by atoms with E-state index in [9.17, 15) is 10.4 Å². The van der Waals surface area contributed by atoms with Crippen molar-refractivity contribution in [2.75, 3.05) is 23.7 Å². The number of nitrogen functional groups attached to an aromatic ring is 1. The fourth-order valence-corrected chi connectivity index (χ4v) is 3.81. The van der Waals surface area contributed by atoms with E-state index in [0.717, 1.165) is 18.8 Å². The van der Waals surface area contributed by atoms with Crippen LogP contribution in [0.15, 0.2) is 36.7 Å². The number of rotatable bonds is 4. The van der Waals surface area contributed by atoms with E-state index < -0.39 is 5.60 Å². The molecule has 3 aromatic heterocycles. The highest BCUT2D eigenvalue weighted by molar-refractivity contribution is 6.30. The third-order valence-electron chi connectivity index (χ3n) is 5.42. The summed E-state index contributed by atoms with van der Waals surface area (Å²) in [7, 11) is 0. The van der Waals surface area contributed by atoms with E-state index in [2.05, 4.69) is 21.1 Å². The van der Waals surface area contributed by atoms with Crippen molar-refractivity contribution in [3.05, 3.63) is 47.2 Å². The van der Waals surface area contributed by atoms with E-state index in [4.69, 9.17) is 22.3 Å². The lowest BCUT2D eigenvalue weighted by Gasteiger charge is -2.26. The van der Waals surface area contributed by atoms with E-state index in [1.807, 2.05) is 26.0 Å². The van der Waals surface area contributed by atoms with Crippen LogP contribution in [-0.4, -0.2) is 43.5 Å². The van der Waals surface area contributed by atoms with Gasteiger partial charge in [0.15, 0.2) is 5.82 Å². The topological polar surface area (TPSA) is 117 Å². The molecule has 0 aliphatic carbocycles. The minimum atomic E-state index is -0.740. The number of halogens is 1. The van der Waals surface area contributed by atoms with E-state index in [1.54, 1.807) is 18.3 Å². The third-order valence-corrected chi connectivity index (χ3v) is 5.62. The van der Waals surface area contributed by atoms with E-state index in [0.29, 0.717) is 34.5 Å². The van der Waals surface area contributed by atoms with Crippen molar-refractivity contribution in [2.24, 2.45) is 5.92 Å². The predicted octanol–water partition coefficient (Wildman–Crippen LogP) is 3.03. The smallest absolute Gasteiger partial charge is 0.156 e. The molecule has 0 amide bonds. The fraction of sp³-hybridized carbons (Fsp3) is 0.333. The molecule has 0 bridgehead atoms. The van der Waals surface area contributed by atoms with Crippen molar-refractivity contribution in [3.63, 3.8) is 0 Å². The molecule has 4 rings (SSSR count). The van der Waals surface area contributed by atoms with E-state index in [-0.39, 0.29) is 11.5 Å². The van der Waals surface area contributed by atoms with Gasteiger partial charge in [0.25, 0.3) is 0 Å². The maximum absolute atomic E-state index is 10.3. The molecule has 0 spiro atoms. The average molecular weight is 424 g/mol. The zero-order valence-electron chi connectivity index (χ0n) is 16.7. The SMILES string of the molecule is CC(C)(O)C1CCN(c2cccc(-c3nc(-n4cc(Cl)cn4)cc(N)c3C#N)n2)C1. The molecule has 3 aromatic rings. The number of aliphatic hydroxyl groups is 1. The molecule has 1 saturated heterocycles. The molecule has 0 aromatic carbocycles. The van der Waals surface area contributed by atoms with Crippen LogP contribution < -0.4 is 10.6 Å². The number of nitriles is 1. The number of aromatic nitrogens is 4. The summed E-state index contributed by atoms with van der Waals surface area (Å²) >= 11 is 5.97. The Kier molecular flexibility index (Phi) is 5.10. The standard InChI is InChI=1S/C21H22ClN7O/c1-21(2,30)13-6-7-28(11-13)18-5-3-4-17(26-18)20-15(9-23)16(24)8-19(27-20)29-12-14(22)10-25-29/h3-5,8,10,12-13,30H,6-7,11H2,1-2H3,(H2,24,27). The lowest BCUT2D eigenvalue weighted by atomic mass is 9.90. The van der Waals surface area contributed by atoms with Crippen LogP contribution in [0.4, 0.5) is 11.5 Å². The first kappa shape index (κ1) is 20.1. The molecule has 1 fully saturated rings. The predicted molar refractivity (Wildman–Crippen MR) is 115 cm³/mol. The Morgan fingerprint density at radius 2 is 2.10 bits per heavy atom. The quantitative estimate of drug-likeness (QED) is 0.662. The normalized spacial score (nSPS) is 16.6. The van der Waals surface area contributed by atoms with Crippen molar-refractivity contribution in [2.45, 2.75) is 25.9 Å². The Morgan fingerprint density at radius 1 is 1.30 bits per heavy atom. The molecule has 1 aliphatic heterocycles. The molecule has 0 radical (unpaired) electrons. The van der Waals surface area contributed by atoms with Crippen LogP contribution in [0.2, 0.25) is 5.02 Å². The number of hydrogen-bond acceptors (Lipinski definition) is 7. The maximum atomic E-state index is 10.3. The first-order valence-corrected chi connectivity index (χ1v) is 10.00. The van der Waals surface area contributed by atoms with E-state index >= 15 is 0 Å². The van der Waals surface area contributed by atoms with Gasteiger partial charge in [0.1, 0.15) is 23.1 Å². The van der Waals surface area contributed by atoms with Crippen LogP contribution in [0.5, 0.6) is 0 Å². The largest absolute Gasteiger partial charge is 0.397 e. The lowest BCUT2D eigenvalue weighted by molar-refractivity contribution is 0.0263. The molecule has 154 valence electrons. The monoisotopic (exact) mass is 423 g/mol. The van der Waals surface area contributed by atoms with Gasteiger partial charge < -0.3 is 15.7 Å². The molecule has 1 atom stereocenters. The number of anilines is 2. The molecule has 4 heterocycles. The highest BCUT2D eigenvalue weighted by atomic mass is 35.5. The molecule has 1 unspecified atom stereocenters. The molecule has 1 aliphatic rings. The summed E-state index contributed by atoms with van der Waals surface area (Å²) < 4.78 is 1.50. The average Bonchev–Trinajstić information content (AvgIpc) is 3.37. The summed E-state index contributed by atoms with van der Waals surface area (Å²) in [6.07, 6.45) is 4.01. The number of pyridine rings is 2. The highest BCUT2D eigenvalue weighted by Crippen LogP contribution is 2.32. The van der Waals surface area contributed by atoms with Gasteiger partial charge in [-0.15, -0.1) is 0 Å². The number of nitrogens with zero attached hydrogens (tertiary/aromatic N) is 6. The molecule has 9 heteroatoms. The van der Waals surface area contributed by atoms with Gasteiger partial charge in [-0.1, -0.05) is 17.7 Å². The Balaban J connectivity index is 1.73. The molecule has 3 N–H and O–H groups in total. The van der Waals surface area contributed by atoms with E-state index in [1.165, 1.54) is 10.9 Å². The highest BCUT2D eigenvalue weighted by Gasteiger charge is 2.34. The fourth-order valence-electron chi connectivity index (χ4n) is 3.67. The first-order chi connectivity index (χ1) is 14.3. The Bertz CT molecular complexity index is 1130. The van der Waals surface area contributed by atoms with Crippen LogP contribution in [-0.2, 0) is 0 Å². The van der Waals surface area contributed by atoms with Gasteiger partial charge >= 0.3 is 0 Å². The van der Waals surface area contributed by atoms with Gasteiger partial charge in [-0.25, -0.2) is 14.6 Å². The van der Waals surface area contributed by atoms with Crippen LogP contribution in [0.25, 0.3) is 17.2 Å². The summed E-state index contributed by atoms with van der Waals surface area (Å²) in [6, 6.07) is 9.32. The molecule has 0 saturated carbocycles. The minimum absolute atomic E-state index is 0.166. The number of hydrogen-bond donors (Lipinski definition) is 2. The van der Waals surface area contributed by atoms with Crippen molar-refractivity contribution in [1.29, 1.82) is 5.26 Å². The second-order valence-corrected chi connectivity index (χ2v) is 8.41. The van der Waals surface area contributed by atoms with Crippen LogP contribution >= 0.6 is 11.6 Å². The summed E-state index contributed by atoms with van der Waals surface area (Å²) in [5.41, 5.74) is 6.88. The Morgan fingerprint density at radius 3 is 2.73 bits per heavy atom. The first-order valence-electron chi connectivity index (χ1n) is 9.62. The summed E-state index contributed by atoms with van der Waals surface area (Å²) in [5, 5.41) is 24.6. The van der Waals surface area contributed by atoms with Crippen molar-refractivity contribution in [3.8, 4) is 23.3 Å². The zero-order chi connectivity index (χ0) is 21.5. The van der Waals surface area contributed by atoms with Crippen molar-refractivity contribution >= 4 is 23.1 Å². The van der Waals surface area contributed by atoms with Crippen LogP contribution in [0.1, 0.15) is 25.8 Å². The van der Waals surface area contributed by atoms with Crippen LogP contribution in [0, 0.1) is 17.2 Å². The van der Waals surface area contributed by atoms with Gasteiger partial charge in [-0.2, -0.15) is 10.4 Å². The van der Waals surface area contributed by atoms with Gasteiger partial charge in [0, 0.05) is 25.1 Å². The Labute approximate surface area is 179 Å². The molecule has 8 nitrogen and oxygen atoms in total. The second-order valence-electron chi connectivity index (χ2n) is 7.97. The summed E-state index contributed by atoms with van der Waals surface area (Å²) in [5.74, 6) is 1.39. The van der Waals surface area contributed by atoms with Crippen LogP contribution in [0.3, 0.4) is 0 Å². The lowest BCUT2D eigenvalue weighted by Crippen LogP contribution is -2.33. The van der Waals surface area contributed by atoms with Gasteiger partial charge in [0.2, 0.25) is 0 Å². The summed E-state index contributed by atoms with van der Waals surface area (Å²) in [4.78, 5) is 11.5. The van der Waals surface area contributed by atoms with Crippen molar-refractivity contribution in [1.82, 2.24) is 19.7 Å². The second kappa shape index (κ2) is 7.59. The zero-order valence-corrected chi connectivity index (χ0v) is 17.5. The molecular weight excluding hydrogens is 402 g/mol. The minimum Gasteiger partial charge on any atom is -0.397 e. The Hall–Kier alpha value is -3.15.